The zero-order chi connectivity index (χ0) is 17.6. The molecule has 0 bridgehead atoms. The first-order valence-corrected chi connectivity index (χ1v) is 8.71. The second-order valence-electron chi connectivity index (χ2n) is 5.53. The number of hydrogen-bond acceptors (Lipinski definition) is 2. The SMILES string of the molecule is COc1ccc(C#Cc2cc(Br)ccc2N(C)c2ccccc2)cc1. The largest absolute Gasteiger partial charge is 0.497 e. The highest BCUT2D eigenvalue weighted by Crippen LogP contribution is 2.28. The van der Waals surface area contributed by atoms with Crippen LogP contribution in [0.2, 0.25) is 0 Å². The van der Waals surface area contributed by atoms with Gasteiger partial charge in [-0.25, -0.2) is 0 Å². The van der Waals surface area contributed by atoms with E-state index < -0.39 is 0 Å². The molecule has 3 heteroatoms. The molecule has 3 aromatic rings. The summed E-state index contributed by atoms with van der Waals surface area (Å²) >= 11 is 3.54. The van der Waals surface area contributed by atoms with E-state index in [9.17, 15) is 0 Å². The standard InChI is InChI=1S/C22H18BrNO/c1-24(20-6-4-3-5-7-20)22-15-12-19(23)16-18(22)11-8-17-9-13-21(25-2)14-10-17/h3-7,9-10,12-16H,1-2H3. The van der Waals surface area contributed by atoms with Crippen molar-refractivity contribution in [2.45, 2.75) is 0 Å². The van der Waals surface area contributed by atoms with Crippen molar-refractivity contribution in [1.29, 1.82) is 0 Å². The van der Waals surface area contributed by atoms with Gasteiger partial charge in [0.2, 0.25) is 0 Å². The Morgan fingerprint density at radius 3 is 2.28 bits per heavy atom. The van der Waals surface area contributed by atoms with Gasteiger partial charge in [-0.3, -0.25) is 0 Å². The monoisotopic (exact) mass is 391 g/mol. The minimum absolute atomic E-state index is 0.831. The molecular formula is C22H18BrNO. The van der Waals surface area contributed by atoms with Crippen molar-refractivity contribution in [3.8, 4) is 17.6 Å². The van der Waals surface area contributed by atoms with Crippen LogP contribution in [0.3, 0.4) is 0 Å². The number of benzene rings is 3. The molecule has 0 spiro atoms. The van der Waals surface area contributed by atoms with Gasteiger partial charge in [0, 0.05) is 28.3 Å². The number of ether oxygens (including phenoxy) is 1. The Bertz CT molecular complexity index is 908. The van der Waals surface area contributed by atoms with Gasteiger partial charge in [-0.1, -0.05) is 46.0 Å². The molecule has 0 saturated carbocycles. The first kappa shape index (κ1) is 17.1. The highest BCUT2D eigenvalue weighted by Gasteiger charge is 2.08. The summed E-state index contributed by atoms with van der Waals surface area (Å²) in [5, 5.41) is 0. The molecule has 0 heterocycles. The smallest absolute Gasteiger partial charge is 0.118 e. The second kappa shape index (κ2) is 7.92. The van der Waals surface area contributed by atoms with E-state index in [4.69, 9.17) is 4.74 Å². The average Bonchev–Trinajstić information content (AvgIpc) is 2.67. The van der Waals surface area contributed by atoms with E-state index in [1.165, 1.54) is 0 Å². The molecular weight excluding hydrogens is 374 g/mol. The zero-order valence-electron chi connectivity index (χ0n) is 14.2. The van der Waals surface area contributed by atoms with Crippen molar-refractivity contribution in [2.75, 3.05) is 19.1 Å². The average molecular weight is 392 g/mol. The summed E-state index contributed by atoms with van der Waals surface area (Å²) in [5.74, 6) is 7.36. The first-order chi connectivity index (χ1) is 12.2. The molecule has 2 nitrogen and oxygen atoms in total. The van der Waals surface area contributed by atoms with Crippen molar-refractivity contribution >= 4 is 27.3 Å². The van der Waals surface area contributed by atoms with E-state index in [1.54, 1.807) is 7.11 Å². The number of rotatable bonds is 3. The van der Waals surface area contributed by atoms with Crippen LogP contribution in [0.5, 0.6) is 5.75 Å². The third kappa shape index (κ3) is 4.23. The number of para-hydroxylation sites is 1. The van der Waals surface area contributed by atoms with E-state index in [-0.39, 0.29) is 0 Å². The van der Waals surface area contributed by atoms with Crippen LogP contribution in [0.4, 0.5) is 11.4 Å². The third-order valence-corrected chi connectivity index (χ3v) is 4.39. The minimum Gasteiger partial charge on any atom is -0.497 e. The zero-order valence-corrected chi connectivity index (χ0v) is 15.7. The molecule has 0 N–H and O–H groups in total. The summed E-state index contributed by atoms with van der Waals surface area (Å²) in [6.07, 6.45) is 0. The number of halogens is 1. The lowest BCUT2D eigenvalue weighted by Crippen LogP contribution is -2.10. The van der Waals surface area contributed by atoms with Crippen molar-refractivity contribution < 1.29 is 4.74 Å². The van der Waals surface area contributed by atoms with E-state index in [0.717, 1.165) is 32.7 Å². The second-order valence-corrected chi connectivity index (χ2v) is 6.45. The summed E-state index contributed by atoms with van der Waals surface area (Å²) in [4.78, 5) is 2.14. The number of anilines is 2. The molecule has 0 radical (unpaired) electrons. The summed E-state index contributed by atoms with van der Waals surface area (Å²) in [5.41, 5.74) is 4.11. The van der Waals surface area contributed by atoms with E-state index in [2.05, 4.69) is 57.9 Å². The fourth-order valence-electron chi connectivity index (χ4n) is 2.51. The summed E-state index contributed by atoms with van der Waals surface area (Å²) in [7, 11) is 3.71. The molecule has 0 unspecified atom stereocenters. The predicted molar refractivity (Wildman–Crippen MR) is 108 cm³/mol. The maximum atomic E-state index is 5.19. The normalized spacial score (nSPS) is 9.88. The molecule has 0 aliphatic carbocycles. The molecule has 124 valence electrons. The maximum Gasteiger partial charge on any atom is 0.118 e. The molecule has 0 aliphatic heterocycles. The molecule has 0 amide bonds. The number of methoxy groups -OCH3 is 1. The molecule has 0 fully saturated rings. The van der Waals surface area contributed by atoms with Crippen molar-refractivity contribution in [1.82, 2.24) is 0 Å². The lowest BCUT2D eigenvalue weighted by Gasteiger charge is -2.21. The fourth-order valence-corrected chi connectivity index (χ4v) is 2.87. The van der Waals surface area contributed by atoms with Crippen molar-refractivity contribution in [3.63, 3.8) is 0 Å². The summed E-state index contributed by atoms with van der Waals surface area (Å²) in [6.45, 7) is 0. The van der Waals surface area contributed by atoms with Crippen molar-refractivity contribution in [3.05, 3.63) is 88.4 Å². The topological polar surface area (TPSA) is 12.5 Å². The highest BCUT2D eigenvalue weighted by molar-refractivity contribution is 9.10. The van der Waals surface area contributed by atoms with Gasteiger partial charge in [-0.05, 0) is 54.6 Å². The van der Waals surface area contributed by atoms with Crippen LogP contribution in [0.25, 0.3) is 0 Å². The molecule has 0 saturated heterocycles. The van der Waals surface area contributed by atoms with Gasteiger partial charge in [0.25, 0.3) is 0 Å². The molecule has 0 aliphatic rings. The van der Waals surface area contributed by atoms with Crippen LogP contribution >= 0.6 is 15.9 Å². The van der Waals surface area contributed by atoms with Gasteiger partial charge in [0.1, 0.15) is 5.75 Å². The molecule has 3 aromatic carbocycles. The van der Waals surface area contributed by atoms with Gasteiger partial charge < -0.3 is 9.64 Å². The Labute approximate surface area is 157 Å². The Morgan fingerprint density at radius 2 is 1.60 bits per heavy atom. The Morgan fingerprint density at radius 1 is 0.880 bits per heavy atom. The van der Waals surface area contributed by atoms with Crippen LogP contribution < -0.4 is 9.64 Å². The van der Waals surface area contributed by atoms with Crippen LogP contribution in [0, 0.1) is 11.8 Å². The first-order valence-electron chi connectivity index (χ1n) is 7.92. The van der Waals surface area contributed by atoms with Crippen molar-refractivity contribution in [2.24, 2.45) is 0 Å². The van der Waals surface area contributed by atoms with Crippen LogP contribution in [0.1, 0.15) is 11.1 Å². The van der Waals surface area contributed by atoms with E-state index in [1.807, 2.05) is 54.6 Å². The lowest BCUT2D eigenvalue weighted by atomic mass is 10.1. The van der Waals surface area contributed by atoms with E-state index in [0.29, 0.717) is 0 Å². The quantitative estimate of drug-likeness (QED) is 0.536. The Balaban J connectivity index is 1.96. The molecule has 0 atom stereocenters. The summed E-state index contributed by atoms with van der Waals surface area (Å²) < 4.78 is 6.20. The van der Waals surface area contributed by atoms with Crippen LogP contribution in [0.15, 0.2) is 77.3 Å². The van der Waals surface area contributed by atoms with Crippen LogP contribution in [-0.4, -0.2) is 14.2 Å². The number of hydrogen-bond donors (Lipinski definition) is 0. The predicted octanol–water partition coefficient (Wildman–Crippen LogP) is 5.63. The summed E-state index contributed by atoms with van der Waals surface area (Å²) in [6, 6.07) is 24.2. The molecule has 3 rings (SSSR count). The third-order valence-electron chi connectivity index (χ3n) is 3.89. The Hall–Kier alpha value is -2.70. The lowest BCUT2D eigenvalue weighted by molar-refractivity contribution is 0.415. The highest BCUT2D eigenvalue weighted by atomic mass is 79.9. The number of nitrogens with zero attached hydrogens (tertiary/aromatic N) is 1. The van der Waals surface area contributed by atoms with E-state index >= 15 is 0 Å². The van der Waals surface area contributed by atoms with Gasteiger partial charge >= 0.3 is 0 Å². The van der Waals surface area contributed by atoms with Gasteiger partial charge in [-0.15, -0.1) is 0 Å². The molecule has 0 aromatic heterocycles. The molecule has 25 heavy (non-hydrogen) atoms. The van der Waals surface area contributed by atoms with Gasteiger partial charge in [0.15, 0.2) is 0 Å². The van der Waals surface area contributed by atoms with Crippen LogP contribution in [-0.2, 0) is 0 Å². The van der Waals surface area contributed by atoms with Gasteiger partial charge in [-0.2, -0.15) is 0 Å². The maximum absolute atomic E-state index is 5.19. The minimum atomic E-state index is 0.831. The Kier molecular flexibility index (Phi) is 5.42. The van der Waals surface area contributed by atoms with Gasteiger partial charge in [0.05, 0.1) is 12.8 Å². The fraction of sp³-hybridized carbons (Fsp3) is 0.0909.